The standard InChI is InChI=1S/C7H15NO6P2S2/c8-15(9,13-16(10,11)12)14-18-17-7-4-5-1-2-6(7)3-5/h5-7H,1-4H2,(H2,8,9)(H2,10,11,12). The van der Waals surface area contributed by atoms with Gasteiger partial charge in [0.1, 0.15) is 0 Å². The summed E-state index contributed by atoms with van der Waals surface area (Å²) in [6.45, 7) is 0. The molecule has 0 heterocycles. The summed E-state index contributed by atoms with van der Waals surface area (Å²) in [4.78, 5) is 26.2. The van der Waals surface area contributed by atoms with Gasteiger partial charge in [-0.25, -0.2) is 18.0 Å². The molecule has 0 saturated heterocycles. The molecule has 0 aliphatic heterocycles. The van der Waals surface area contributed by atoms with Crippen molar-refractivity contribution in [3.63, 3.8) is 0 Å². The largest absolute Gasteiger partial charge is 0.477 e. The molecule has 0 aromatic heterocycles. The zero-order valence-electron chi connectivity index (χ0n) is 9.34. The number of fused-ring (bicyclic) bond motifs is 2. The van der Waals surface area contributed by atoms with Gasteiger partial charge in [0.15, 0.2) is 0 Å². The van der Waals surface area contributed by atoms with E-state index in [9.17, 15) is 9.46 Å². The van der Waals surface area contributed by atoms with E-state index in [-0.39, 0.29) is 0 Å². The molecule has 106 valence electrons. The molecular weight excluding hydrogens is 320 g/mol. The van der Waals surface area contributed by atoms with Crippen LogP contribution in [0.25, 0.3) is 0 Å². The summed E-state index contributed by atoms with van der Waals surface area (Å²) in [5.41, 5.74) is 0. The lowest BCUT2D eigenvalue weighted by Gasteiger charge is -2.20. The fourth-order valence-electron chi connectivity index (χ4n) is 2.57. The molecule has 11 heteroatoms. The first-order valence-corrected chi connectivity index (χ1v) is 10.7. The number of nitrogens with one attached hydrogen (secondary N) is 1. The Kier molecular flexibility index (Phi) is 4.91. The average Bonchev–Trinajstić information content (AvgIpc) is 2.74. The predicted octanol–water partition coefficient (Wildman–Crippen LogP) is 3.11. The molecule has 2 saturated carbocycles. The fraction of sp³-hybridized carbons (Fsp3) is 1.00. The predicted molar refractivity (Wildman–Crippen MR) is 70.5 cm³/mol. The molecule has 2 bridgehead atoms. The van der Waals surface area contributed by atoms with Gasteiger partial charge in [0.25, 0.3) is 0 Å². The highest BCUT2D eigenvalue weighted by atomic mass is 33.1. The van der Waals surface area contributed by atoms with Crippen molar-refractivity contribution in [1.82, 2.24) is 0 Å². The van der Waals surface area contributed by atoms with Gasteiger partial charge < -0.3 is 14.7 Å². The van der Waals surface area contributed by atoms with E-state index in [1.807, 2.05) is 0 Å². The van der Waals surface area contributed by atoms with Gasteiger partial charge in [-0.2, -0.15) is 0 Å². The first-order chi connectivity index (χ1) is 8.25. The Morgan fingerprint density at radius 1 is 1.22 bits per heavy atom. The van der Waals surface area contributed by atoms with Gasteiger partial charge in [0.2, 0.25) is 0 Å². The van der Waals surface area contributed by atoms with Crippen molar-refractivity contribution in [1.29, 1.82) is 5.16 Å². The summed E-state index contributed by atoms with van der Waals surface area (Å²) >= 11 is 0.798. The maximum atomic E-state index is 10.5. The molecule has 7 nitrogen and oxygen atoms in total. The zero-order chi connectivity index (χ0) is 13.4. The molecule has 18 heavy (non-hydrogen) atoms. The topological polar surface area (TPSA) is 120 Å². The van der Waals surface area contributed by atoms with Crippen molar-refractivity contribution in [2.75, 3.05) is 0 Å². The van der Waals surface area contributed by atoms with Crippen LogP contribution in [0, 0.1) is 17.0 Å². The normalized spacial score (nSPS) is 34.7. The smallest absolute Gasteiger partial charge is 0.318 e. The molecule has 4 atom stereocenters. The molecule has 0 aromatic rings. The third kappa shape index (κ3) is 4.51. The second-order valence-corrected chi connectivity index (χ2v) is 9.74. The fourth-order valence-corrected chi connectivity index (χ4v) is 7.47. The Labute approximate surface area is 113 Å². The molecule has 4 unspecified atom stereocenters. The van der Waals surface area contributed by atoms with Crippen LogP contribution < -0.4 is 0 Å². The third-order valence-electron chi connectivity index (χ3n) is 3.18. The van der Waals surface area contributed by atoms with Crippen LogP contribution in [0.2, 0.25) is 0 Å². The Morgan fingerprint density at radius 3 is 2.44 bits per heavy atom. The van der Waals surface area contributed by atoms with Crippen LogP contribution in [-0.4, -0.2) is 19.9 Å². The lowest BCUT2D eigenvalue weighted by atomic mass is 10.0. The molecule has 2 aliphatic rings. The monoisotopic (exact) mass is 335 g/mol. The highest BCUT2D eigenvalue weighted by Crippen LogP contribution is 2.62. The summed E-state index contributed by atoms with van der Waals surface area (Å²) in [6, 6.07) is 0. The first kappa shape index (κ1) is 15.4. The maximum Gasteiger partial charge on any atom is 0.477 e. The average molecular weight is 335 g/mol. The van der Waals surface area contributed by atoms with Crippen LogP contribution in [0.5, 0.6) is 0 Å². The molecule has 2 rings (SSSR count). The van der Waals surface area contributed by atoms with E-state index in [1.165, 1.54) is 30.1 Å². The van der Waals surface area contributed by atoms with E-state index < -0.39 is 15.6 Å². The minimum absolute atomic E-state index is 0.434. The van der Waals surface area contributed by atoms with Crippen LogP contribution in [0.4, 0.5) is 0 Å². The molecule has 0 aromatic carbocycles. The Morgan fingerprint density at radius 2 is 1.94 bits per heavy atom. The molecule has 0 radical (unpaired) electrons. The molecule has 0 amide bonds. The van der Waals surface area contributed by atoms with E-state index in [4.69, 9.17) is 14.9 Å². The number of phosphoric acid groups is 1. The Balaban J connectivity index is 1.72. The molecule has 2 fully saturated rings. The molecule has 0 spiro atoms. The Bertz CT molecular complexity index is 403. The van der Waals surface area contributed by atoms with Crippen molar-refractivity contribution in [2.45, 2.75) is 30.9 Å². The van der Waals surface area contributed by atoms with Crippen LogP contribution in [0.15, 0.2) is 0 Å². The van der Waals surface area contributed by atoms with Crippen molar-refractivity contribution < 1.29 is 27.5 Å². The highest BCUT2D eigenvalue weighted by Gasteiger charge is 2.40. The van der Waals surface area contributed by atoms with E-state index in [0.29, 0.717) is 11.2 Å². The minimum Gasteiger partial charge on any atom is -0.318 e. The van der Waals surface area contributed by atoms with Gasteiger partial charge >= 0.3 is 15.6 Å². The van der Waals surface area contributed by atoms with Crippen molar-refractivity contribution >= 4 is 37.4 Å². The van der Waals surface area contributed by atoms with Gasteiger partial charge in [-0.05, 0) is 31.1 Å². The van der Waals surface area contributed by atoms with Crippen LogP contribution in [0.1, 0.15) is 25.7 Å². The lowest BCUT2D eigenvalue weighted by molar-refractivity contribution is 0.261. The summed E-state index contributed by atoms with van der Waals surface area (Å²) in [6.07, 6.45) is 4.84. The quantitative estimate of drug-likeness (QED) is 0.332. The van der Waals surface area contributed by atoms with Crippen LogP contribution in [0.3, 0.4) is 0 Å². The second kappa shape index (κ2) is 5.76. The van der Waals surface area contributed by atoms with Gasteiger partial charge in [-0.3, -0.25) is 0 Å². The highest BCUT2D eigenvalue weighted by molar-refractivity contribution is 8.75. The minimum atomic E-state index is -4.90. The maximum absolute atomic E-state index is 10.5. The SMILES string of the molecule is N=P(O)(OSSC1CC2CCC1C2)OP(=O)(O)O. The van der Waals surface area contributed by atoms with E-state index >= 15 is 0 Å². The number of hydrogen-bond acceptors (Lipinski definition) is 6. The molecular formula is C7H15NO6P2S2. The van der Waals surface area contributed by atoms with Gasteiger partial charge in [0, 0.05) is 5.25 Å². The summed E-state index contributed by atoms with van der Waals surface area (Å²) in [5, 5.41) is 7.59. The van der Waals surface area contributed by atoms with E-state index in [2.05, 4.69) is 8.28 Å². The number of hydrogen-bond donors (Lipinski definition) is 4. The van der Waals surface area contributed by atoms with E-state index in [0.717, 1.165) is 23.4 Å². The van der Waals surface area contributed by atoms with Gasteiger partial charge in [-0.15, -0.1) is 0 Å². The second-order valence-electron chi connectivity index (χ2n) is 4.54. The number of rotatable bonds is 6. The van der Waals surface area contributed by atoms with Gasteiger partial charge in [0.05, 0.1) is 11.1 Å². The first-order valence-electron chi connectivity index (χ1n) is 5.41. The lowest BCUT2D eigenvalue weighted by Crippen LogP contribution is -2.11. The van der Waals surface area contributed by atoms with Crippen molar-refractivity contribution in [2.24, 2.45) is 11.8 Å². The summed E-state index contributed by atoms with van der Waals surface area (Å²) in [5.74, 6) is 1.44. The molecule has 4 N–H and O–H groups in total. The van der Waals surface area contributed by atoms with Crippen LogP contribution in [-0.2, 0) is 12.8 Å². The summed E-state index contributed by atoms with van der Waals surface area (Å²) < 4.78 is 19.1. The summed E-state index contributed by atoms with van der Waals surface area (Å²) in [7, 11) is -7.70. The van der Waals surface area contributed by atoms with Crippen LogP contribution >= 0.6 is 37.4 Å². The van der Waals surface area contributed by atoms with Crippen molar-refractivity contribution in [3.05, 3.63) is 0 Å². The Hall–Kier alpha value is 0.960. The third-order valence-corrected chi connectivity index (χ3v) is 8.40. The van der Waals surface area contributed by atoms with Crippen molar-refractivity contribution in [3.8, 4) is 0 Å². The van der Waals surface area contributed by atoms with Gasteiger partial charge in [-0.1, -0.05) is 17.2 Å². The zero-order valence-corrected chi connectivity index (χ0v) is 12.8. The van der Waals surface area contributed by atoms with E-state index in [1.54, 1.807) is 0 Å². The molecule has 2 aliphatic carbocycles.